The monoisotopic (exact) mass is 564 g/mol. The van der Waals surface area contributed by atoms with E-state index in [2.05, 4.69) is 24.8 Å². The number of carboxylic acid groups (broad SMARTS) is 1. The molecule has 16 heteroatoms. The van der Waals surface area contributed by atoms with Crippen molar-refractivity contribution in [3.8, 4) is 0 Å². The average molecular weight is 565 g/mol. The Morgan fingerprint density at radius 3 is 2.92 bits per heavy atom. The van der Waals surface area contributed by atoms with E-state index in [1.807, 2.05) is 6.07 Å². The van der Waals surface area contributed by atoms with Crippen LogP contribution in [0.4, 0.5) is 5.13 Å². The lowest BCUT2D eigenvalue weighted by molar-refractivity contribution is -0.155. The highest BCUT2D eigenvalue weighted by Gasteiger charge is 2.54. The first-order valence-electron chi connectivity index (χ1n) is 11.1. The van der Waals surface area contributed by atoms with Crippen molar-refractivity contribution in [2.75, 3.05) is 25.1 Å². The van der Waals surface area contributed by atoms with Gasteiger partial charge in [-0.1, -0.05) is 16.9 Å². The molecule has 0 saturated carbocycles. The van der Waals surface area contributed by atoms with Crippen molar-refractivity contribution in [1.29, 1.82) is 0 Å². The van der Waals surface area contributed by atoms with Crippen LogP contribution in [-0.2, 0) is 25.0 Å². The fourth-order valence-corrected chi connectivity index (χ4v) is 6.37. The van der Waals surface area contributed by atoms with Crippen molar-refractivity contribution in [2.45, 2.75) is 35.6 Å². The maximum atomic E-state index is 13.1. The van der Waals surface area contributed by atoms with E-state index in [9.17, 15) is 19.5 Å². The van der Waals surface area contributed by atoms with E-state index in [1.54, 1.807) is 24.0 Å². The molecule has 2 aliphatic heterocycles. The van der Waals surface area contributed by atoms with Crippen molar-refractivity contribution in [3.63, 3.8) is 0 Å². The van der Waals surface area contributed by atoms with Crippen LogP contribution in [0.5, 0.6) is 0 Å². The number of nitrogens with zero attached hydrogens (tertiary/aromatic N) is 5. The van der Waals surface area contributed by atoms with E-state index in [-0.39, 0.29) is 22.4 Å². The largest absolute Gasteiger partial charge is 0.477 e. The molecule has 1 saturated heterocycles. The Balaban J connectivity index is 1.52. The number of allylic oxidation sites excluding steroid dienone is 1. The molecule has 2 atom stereocenters. The van der Waals surface area contributed by atoms with Gasteiger partial charge in [-0.05, 0) is 25.0 Å². The summed E-state index contributed by atoms with van der Waals surface area (Å²) in [6.07, 6.45) is 2.57. The number of oxime groups is 1. The van der Waals surface area contributed by atoms with Crippen LogP contribution in [0.1, 0.15) is 24.4 Å². The number of carboxylic acids is 1. The second-order valence-electron chi connectivity index (χ2n) is 7.81. The lowest BCUT2D eigenvalue weighted by atomic mass is 9.86. The summed E-state index contributed by atoms with van der Waals surface area (Å²) in [5, 5.41) is 16.4. The molecule has 2 aromatic heterocycles. The normalized spacial score (nSPS) is 19.4. The number of carbonyl (C=O) groups is 3. The highest BCUT2D eigenvalue weighted by atomic mass is 32.2. The summed E-state index contributed by atoms with van der Waals surface area (Å²) < 4.78 is 3.96. The quantitative estimate of drug-likeness (QED) is 0.129. The SMILES string of the molecule is CON=C(C(=O)N[C@@H]1C(=O)N2C(C(=O)O)=C(Sc3cccnc3CSCCN)CC[C@H]12)c1nsc(N)n1. The molecule has 196 valence electrons. The summed E-state index contributed by atoms with van der Waals surface area (Å²) in [7, 11) is 1.26. The fourth-order valence-electron chi connectivity index (χ4n) is 3.95. The van der Waals surface area contributed by atoms with E-state index in [4.69, 9.17) is 16.3 Å². The number of carbonyl (C=O) groups excluding carboxylic acids is 2. The second-order valence-corrected chi connectivity index (χ2v) is 10.8. The zero-order valence-corrected chi connectivity index (χ0v) is 22.1. The number of amides is 2. The number of anilines is 1. The van der Waals surface area contributed by atoms with Gasteiger partial charge in [0.25, 0.3) is 11.8 Å². The van der Waals surface area contributed by atoms with Gasteiger partial charge in [-0.3, -0.25) is 19.5 Å². The number of thioether (sulfide) groups is 2. The summed E-state index contributed by atoms with van der Waals surface area (Å²) in [4.78, 5) is 53.9. The molecule has 0 unspecified atom stereocenters. The Labute approximate surface area is 224 Å². The van der Waals surface area contributed by atoms with E-state index >= 15 is 0 Å². The van der Waals surface area contributed by atoms with Gasteiger partial charge < -0.3 is 26.7 Å². The molecule has 2 aromatic rings. The van der Waals surface area contributed by atoms with Crippen LogP contribution in [0.15, 0.2) is 39.0 Å². The Kier molecular flexibility index (Phi) is 8.63. The van der Waals surface area contributed by atoms with Crippen molar-refractivity contribution in [2.24, 2.45) is 10.9 Å². The molecule has 0 aliphatic carbocycles. The van der Waals surface area contributed by atoms with Crippen LogP contribution < -0.4 is 16.8 Å². The van der Waals surface area contributed by atoms with Gasteiger partial charge in [-0.2, -0.15) is 21.1 Å². The van der Waals surface area contributed by atoms with Crippen LogP contribution >= 0.6 is 35.1 Å². The maximum absolute atomic E-state index is 13.1. The van der Waals surface area contributed by atoms with Gasteiger partial charge in [-0.25, -0.2) is 4.79 Å². The zero-order valence-electron chi connectivity index (χ0n) is 19.6. The van der Waals surface area contributed by atoms with E-state index in [0.717, 1.165) is 27.9 Å². The van der Waals surface area contributed by atoms with E-state index in [1.165, 1.54) is 23.8 Å². The molecule has 4 rings (SSSR count). The van der Waals surface area contributed by atoms with Gasteiger partial charge >= 0.3 is 5.97 Å². The van der Waals surface area contributed by atoms with E-state index < -0.39 is 29.9 Å². The van der Waals surface area contributed by atoms with Crippen LogP contribution in [-0.4, -0.2) is 79.3 Å². The number of nitrogens with one attached hydrogen (secondary N) is 1. The maximum Gasteiger partial charge on any atom is 0.353 e. The van der Waals surface area contributed by atoms with Gasteiger partial charge in [0.05, 0.1) is 11.7 Å². The Morgan fingerprint density at radius 1 is 1.43 bits per heavy atom. The van der Waals surface area contributed by atoms with Gasteiger partial charge in [0.2, 0.25) is 11.5 Å². The van der Waals surface area contributed by atoms with Gasteiger partial charge in [0.1, 0.15) is 18.8 Å². The number of rotatable bonds is 11. The minimum absolute atomic E-state index is 0.0316. The zero-order chi connectivity index (χ0) is 26.5. The summed E-state index contributed by atoms with van der Waals surface area (Å²) in [6.45, 7) is 0.553. The summed E-state index contributed by atoms with van der Waals surface area (Å²) in [5.41, 5.74) is 11.7. The number of β-lactam (4-membered cyclic amide) rings is 1. The Morgan fingerprint density at radius 2 is 2.24 bits per heavy atom. The minimum atomic E-state index is -1.21. The van der Waals surface area contributed by atoms with Gasteiger partial charge in [-0.15, -0.1) is 0 Å². The number of nitrogens with two attached hydrogens (primary N) is 2. The predicted molar refractivity (Wildman–Crippen MR) is 140 cm³/mol. The molecule has 0 radical (unpaired) electrons. The van der Waals surface area contributed by atoms with Gasteiger partial charge in [0.15, 0.2) is 5.13 Å². The Hall–Kier alpha value is -3.21. The number of fused-ring (bicyclic) bond motifs is 1. The second kappa shape index (κ2) is 11.9. The summed E-state index contributed by atoms with van der Waals surface area (Å²) in [5.74, 6) is -1.08. The molecule has 0 aromatic carbocycles. The van der Waals surface area contributed by atoms with Crippen LogP contribution in [0.2, 0.25) is 0 Å². The highest BCUT2D eigenvalue weighted by Crippen LogP contribution is 2.44. The third kappa shape index (κ3) is 5.71. The molecule has 13 nitrogen and oxygen atoms in total. The number of aromatic nitrogens is 3. The smallest absolute Gasteiger partial charge is 0.353 e. The molecule has 2 aliphatic rings. The standard InChI is InChI=1S/C21H24N8O5S3/c1-34-27-15(17-26-21(23)37-28-17)18(30)25-14-11-4-5-13(16(20(32)33)29(11)19(14)31)36-12-3-2-7-24-10(12)9-35-8-6-22/h2-3,7,11,14H,4-6,8-9,22H2,1H3,(H,25,30)(H,32,33)(H2,23,26,28)/t11-,14+/m1/s1. The molecular formula is C21H24N8O5S3. The number of aliphatic carboxylic acids is 1. The van der Waals surface area contributed by atoms with Crippen molar-refractivity contribution < 1.29 is 24.3 Å². The van der Waals surface area contributed by atoms with Crippen molar-refractivity contribution in [3.05, 3.63) is 40.5 Å². The van der Waals surface area contributed by atoms with Crippen LogP contribution in [0, 0.1) is 0 Å². The van der Waals surface area contributed by atoms with Gasteiger partial charge in [0, 0.05) is 45.6 Å². The molecule has 37 heavy (non-hydrogen) atoms. The van der Waals surface area contributed by atoms with Crippen LogP contribution in [0.3, 0.4) is 0 Å². The highest BCUT2D eigenvalue weighted by molar-refractivity contribution is 8.03. The first kappa shape index (κ1) is 26.8. The fraction of sp³-hybridized carbons (Fsp3) is 0.381. The van der Waals surface area contributed by atoms with Crippen molar-refractivity contribution in [1.82, 2.24) is 24.6 Å². The predicted octanol–water partition coefficient (Wildman–Crippen LogP) is 0.636. The molecule has 4 heterocycles. The molecule has 6 N–H and O–H groups in total. The minimum Gasteiger partial charge on any atom is -0.477 e. The van der Waals surface area contributed by atoms with E-state index in [0.29, 0.717) is 30.0 Å². The Bertz CT molecular complexity index is 1270. The lowest BCUT2D eigenvalue weighted by Crippen LogP contribution is -2.72. The third-order valence-electron chi connectivity index (χ3n) is 5.52. The molecule has 0 spiro atoms. The first-order chi connectivity index (χ1) is 17.8. The molecule has 0 bridgehead atoms. The third-order valence-corrected chi connectivity index (χ3v) is 8.30. The molecule has 2 amide bonds. The number of pyridine rings is 1. The topological polar surface area (TPSA) is 199 Å². The summed E-state index contributed by atoms with van der Waals surface area (Å²) >= 11 is 3.83. The average Bonchev–Trinajstić information content (AvgIpc) is 3.32. The number of hydrogen-bond acceptors (Lipinski definition) is 13. The van der Waals surface area contributed by atoms with Crippen LogP contribution in [0.25, 0.3) is 0 Å². The number of nitrogen functional groups attached to an aromatic ring is 1. The lowest BCUT2D eigenvalue weighted by Gasteiger charge is -2.50. The number of hydrogen-bond donors (Lipinski definition) is 4. The molecular weight excluding hydrogens is 540 g/mol. The first-order valence-corrected chi connectivity index (χ1v) is 13.8. The summed E-state index contributed by atoms with van der Waals surface area (Å²) in [6, 6.07) is 2.23. The van der Waals surface area contributed by atoms with Crippen molar-refractivity contribution >= 4 is 63.7 Å². The molecule has 1 fully saturated rings.